The Morgan fingerprint density at radius 2 is 2.29 bits per heavy atom. The Morgan fingerprint density at radius 3 is 3.07 bits per heavy atom. The highest BCUT2D eigenvalue weighted by Gasteiger charge is 2.07. The van der Waals surface area contributed by atoms with Crippen LogP contribution < -0.4 is 5.32 Å². The first-order chi connectivity index (χ1) is 6.84. The lowest BCUT2D eigenvalue weighted by Gasteiger charge is -2.04. The van der Waals surface area contributed by atoms with Crippen LogP contribution in [0.1, 0.15) is 19.8 Å². The molecule has 0 spiro atoms. The summed E-state index contributed by atoms with van der Waals surface area (Å²) in [6.45, 7) is 2.87. The van der Waals surface area contributed by atoms with Gasteiger partial charge in [-0.25, -0.2) is 0 Å². The smallest absolute Gasteiger partial charge is 0.258 e. The van der Waals surface area contributed by atoms with E-state index in [1.807, 2.05) is 29.7 Å². The molecule has 14 heavy (non-hydrogen) atoms. The summed E-state index contributed by atoms with van der Waals surface area (Å²) in [5.74, 6) is 0.0275. The molecule has 0 aromatic rings. The van der Waals surface area contributed by atoms with Crippen molar-refractivity contribution in [2.24, 2.45) is 0 Å². The number of thioether (sulfide) groups is 1. The second-order valence-electron chi connectivity index (χ2n) is 2.97. The van der Waals surface area contributed by atoms with Crippen molar-refractivity contribution in [3.8, 4) is 0 Å². The van der Waals surface area contributed by atoms with Crippen molar-refractivity contribution in [2.45, 2.75) is 19.8 Å². The zero-order valence-electron chi connectivity index (χ0n) is 8.32. The van der Waals surface area contributed by atoms with Crippen LogP contribution >= 0.6 is 11.8 Å². The van der Waals surface area contributed by atoms with Crippen molar-refractivity contribution in [3.05, 3.63) is 34.6 Å². The van der Waals surface area contributed by atoms with Gasteiger partial charge in [0.15, 0.2) is 0 Å². The van der Waals surface area contributed by atoms with Crippen LogP contribution in [-0.2, 0) is 4.79 Å². The number of carbonyl (C=O) groups is 1. The molecule has 0 aromatic carbocycles. The second kappa shape index (κ2) is 6.49. The van der Waals surface area contributed by atoms with Crippen LogP contribution in [0.3, 0.4) is 0 Å². The molecule has 0 unspecified atom stereocenters. The number of nitrogens with one attached hydrogen (secondary N) is 1. The Hall–Kier alpha value is -0.960. The van der Waals surface area contributed by atoms with Gasteiger partial charge in [0.25, 0.3) is 5.91 Å². The molecule has 0 fully saturated rings. The molecule has 0 saturated heterocycles. The van der Waals surface area contributed by atoms with Gasteiger partial charge in [-0.2, -0.15) is 0 Å². The van der Waals surface area contributed by atoms with Crippen molar-refractivity contribution < 1.29 is 4.79 Å². The standard InChI is InChI=1S/C11H15NOS/c1-2-3-8-12-11(13)10-7-5-4-6-9-14-10/h4-7,9H,2-3,8H2,1H3,(H,12,13). The van der Waals surface area contributed by atoms with Gasteiger partial charge in [0.1, 0.15) is 0 Å². The largest absolute Gasteiger partial charge is 0.352 e. The molecule has 1 aliphatic rings. The van der Waals surface area contributed by atoms with Crippen molar-refractivity contribution in [3.63, 3.8) is 0 Å². The molecule has 0 atom stereocenters. The fourth-order valence-corrected chi connectivity index (χ4v) is 1.65. The zero-order valence-corrected chi connectivity index (χ0v) is 9.14. The molecule has 1 aliphatic heterocycles. The van der Waals surface area contributed by atoms with E-state index in [0.717, 1.165) is 24.3 Å². The highest BCUT2D eigenvalue weighted by Crippen LogP contribution is 2.19. The summed E-state index contributed by atoms with van der Waals surface area (Å²) in [6, 6.07) is 0. The first-order valence-electron chi connectivity index (χ1n) is 4.83. The van der Waals surface area contributed by atoms with Crippen molar-refractivity contribution in [1.29, 1.82) is 0 Å². The number of amides is 1. The van der Waals surface area contributed by atoms with Gasteiger partial charge in [-0.3, -0.25) is 4.79 Å². The van der Waals surface area contributed by atoms with Gasteiger partial charge in [-0.15, -0.1) is 0 Å². The first kappa shape index (κ1) is 11.1. The quantitative estimate of drug-likeness (QED) is 0.721. The molecule has 0 aliphatic carbocycles. The van der Waals surface area contributed by atoms with Crippen LogP contribution in [0.2, 0.25) is 0 Å². The second-order valence-corrected chi connectivity index (χ2v) is 3.92. The molecule has 1 amide bonds. The third-order valence-electron chi connectivity index (χ3n) is 1.78. The Morgan fingerprint density at radius 1 is 1.43 bits per heavy atom. The predicted molar refractivity (Wildman–Crippen MR) is 61.9 cm³/mol. The van der Waals surface area contributed by atoms with E-state index in [1.165, 1.54) is 11.8 Å². The number of unbranched alkanes of at least 4 members (excludes halogenated alkanes) is 1. The first-order valence-corrected chi connectivity index (χ1v) is 5.71. The molecule has 3 heteroatoms. The van der Waals surface area contributed by atoms with E-state index < -0.39 is 0 Å². The molecule has 0 aromatic heterocycles. The lowest BCUT2D eigenvalue weighted by Crippen LogP contribution is -2.24. The summed E-state index contributed by atoms with van der Waals surface area (Å²) in [4.78, 5) is 12.3. The normalized spacial score (nSPS) is 14.8. The average Bonchev–Trinajstić information content (AvgIpc) is 2.46. The highest BCUT2D eigenvalue weighted by molar-refractivity contribution is 8.06. The van der Waals surface area contributed by atoms with Gasteiger partial charge in [0, 0.05) is 6.54 Å². The Bertz CT molecular complexity index is 279. The summed E-state index contributed by atoms with van der Waals surface area (Å²) in [6.07, 6.45) is 9.70. The molecule has 1 heterocycles. The van der Waals surface area contributed by atoms with Crippen LogP contribution in [0, 0.1) is 0 Å². The Balaban J connectivity index is 2.40. The minimum absolute atomic E-state index is 0.0275. The van der Waals surface area contributed by atoms with E-state index in [0.29, 0.717) is 0 Å². The minimum atomic E-state index is 0.0275. The number of allylic oxidation sites excluding steroid dienone is 4. The molecule has 76 valence electrons. The Labute approximate surface area is 89.1 Å². The summed E-state index contributed by atoms with van der Waals surface area (Å²) >= 11 is 1.46. The van der Waals surface area contributed by atoms with Crippen LogP contribution in [0.25, 0.3) is 0 Å². The zero-order chi connectivity index (χ0) is 10.2. The topological polar surface area (TPSA) is 29.1 Å². The molecule has 0 radical (unpaired) electrons. The fourth-order valence-electron chi connectivity index (χ4n) is 0.999. The summed E-state index contributed by atoms with van der Waals surface area (Å²) < 4.78 is 0. The number of hydrogen-bond acceptors (Lipinski definition) is 2. The van der Waals surface area contributed by atoms with E-state index in [2.05, 4.69) is 12.2 Å². The Kier molecular flexibility index (Phi) is 5.15. The predicted octanol–water partition coefficient (Wildman–Crippen LogP) is 2.60. The third kappa shape index (κ3) is 3.83. The monoisotopic (exact) mass is 209 g/mol. The van der Waals surface area contributed by atoms with Gasteiger partial charge >= 0.3 is 0 Å². The summed E-state index contributed by atoms with van der Waals surface area (Å²) in [5, 5.41) is 4.80. The maximum atomic E-state index is 11.6. The third-order valence-corrected chi connectivity index (χ3v) is 2.65. The molecule has 1 rings (SSSR count). The van der Waals surface area contributed by atoms with E-state index in [1.54, 1.807) is 0 Å². The fraction of sp³-hybridized carbons (Fsp3) is 0.364. The van der Waals surface area contributed by atoms with Crippen LogP contribution in [0.5, 0.6) is 0 Å². The molecule has 1 N–H and O–H groups in total. The maximum absolute atomic E-state index is 11.6. The van der Waals surface area contributed by atoms with Crippen molar-refractivity contribution in [1.82, 2.24) is 5.32 Å². The number of carbonyl (C=O) groups excluding carboxylic acids is 1. The van der Waals surface area contributed by atoms with E-state index >= 15 is 0 Å². The summed E-state index contributed by atoms with van der Waals surface area (Å²) in [7, 11) is 0. The van der Waals surface area contributed by atoms with Crippen LogP contribution in [0.15, 0.2) is 34.6 Å². The van der Waals surface area contributed by atoms with Crippen molar-refractivity contribution in [2.75, 3.05) is 6.54 Å². The van der Waals surface area contributed by atoms with Gasteiger partial charge < -0.3 is 5.32 Å². The van der Waals surface area contributed by atoms with Gasteiger partial charge in [-0.1, -0.05) is 43.3 Å². The molecular formula is C11H15NOS. The number of hydrogen-bond donors (Lipinski definition) is 1. The van der Waals surface area contributed by atoms with Crippen LogP contribution in [-0.4, -0.2) is 12.5 Å². The van der Waals surface area contributed by atoms with Crippen LogP contribution in [0.4, 0.5) is 0 Å². The molecular weight excluding hydrogens is 194 g/mol. The lowest BCUT2D eigenvalue weighted by molar-refractivity contribution is -0.116. The summed E-state index contributed by atoms with van der Waals surface area (Å²) in [5.41, 5.74) is 0. The highest BCUT2D eigenvalue weighted by atomic mass is 32.2. The van der Waals surface area contributed by atoms with E-state index in [9.17, 15) is 4.79 Å². The number of rotatable bonds is 4. The van der Waals surface area contributed by atoms with E-state index in [-0.39, 0.29) is 5.91 Å². The van der Waals surface area contributed by atoms with Crippen molar-refractivity contribution >= 4 is 17.7 Å². The van der Waals surface area contributed by atoms with Gasteiger partial charge in [0.2, 0.25) is 0 Å². The average molecular weight is 209 g/mol. The molecule has 0 saturated carbocycles. The van der Waals surface area contributed by atoms with Gasteiger partial charge in [0.05, 0.1) is 4.91 Å². The minimum Gasteiger partial charge on any atom is -0.352 e. The van der Waals surface area contributed by atoms with Gasteiger partial charge in [-0.05, 0) is 17.9 Å². The van der Waals surface area contributed by atoms with E-state index in [4.69, 9.17) is 0 Å². The molecule has 2 nitrogen and oxygen atoms in total. The lowest BCUT2D eigenvalue weighted by atomic mass is 10.3. The SMILES string of the molecule is CCCCNC(=O)C1=CC=CC=CS1. The maximum Gasteiger partial charge on any atom is 0.258 e. The molecule has 0 bridgehead atoms.